The Morgan fingerprint density at radius 1 is 1.29 bits per heavy atom. The number of rotatable bonds is 3. The third-order valence-corrected chi connectivity index (χ3v) is 3.33. The molecule has 0 radical (unpaired) electrons. The lowest BCUT2D eigenvalue weighted by atomic mass is 10.2. The number of carbonyl (C=O) groups excluding carboxylic acids is 1. The molecule has 2 atom stereocenters. The fourth-order valence-corrected chi connectivity index (χ4v) is 2.33. The van der Waals surface area contributed by atoms with E-state index in [0.29, 0.717) is 6.54 Å². The second-order valence-corrected chi connectivity index (χ2v) is 6.26. The maximum Gasteiger partial charge on any atom is 0.408 e. The van der Waals surface area contributed by atoms with Gasteiger partial charge in [-0.05, 0) is 47.0 Å². The van der Waals surface area contributed by atoms with Crippen LogP contribution < -0.4 is 5.32 Å². The summed E-state index contributed by atoms with van der Waals surface area (Å²) in [5, 5.41) is 12.0. The molecule has 7 heteroatoms. The highest BCUT2D eigenvalue weighted by Crippen LogP contribution is 2.18. The summed E-state index contributed by atoms with van der Waals surface area (Å²) in [5.74, 6) is -0.872. The predicted molar refractivity (Wildman–Crippen MR) is 82.7 cm³/mol. The smallest absolute Gasteiger partial charge is 0.408 e. The molecule has 1 amide bonds. The van der Waals surface area contributed by atoms with E-state index in [9.17, 15) is 14.7 Å². The maximum absolute atomic E-state index is 11.9. The Morgan fingerprint density at radius 2 is 1.90 bits per heavy atom. The first-order chi connectivity index (χ1) is 9.20. The van der Waals surface area contributed by atoms with E-state index in [1.54, 1.807) is 27.7 Å². The molecule has 1 rings (SSSR count). The summed E-state index contributed by atoms with van der Waals surface area (Å²) in [6.45, 7) is 7.73. The van der Waals surface area contributed by atoms with Crippen LogP contribution in [0.1, 0.15) is 53.4 Å². The first kappa shape index (κ1) is 20.0. The number of alkyl carbamates (subject to hydrolysis) is 1. The molecule has 0 aromatic rings. The lowest BCUT2D eigenvalue weighted by Crippen LogP contribution is -2.54. The van der Waals surface area contributed by atoms with Gasteiger partial charge >= 0.3 is 12.1 Å². The van der Waals surface area contributed by atoms with Crippen molar-refractivity contribution in [2.45, 2.75) is 71.2 Å². The van der Waals surface area contributed by atoms with Gasteiger partial charge in [-0.15, -0.1) is 12.4 Å². The fourth-order valence-electron chi connectivity index (χ4n) is 2.33. The maximum atomic E-state index is 11.9. The highest BCUT2D eigenvalue weighted by atomic mass is 35.5. The van der Waals surface area contributed by atoms with Crippen LogP contribution in [0.5, 0.6) is 0 Å². The van der Waals surface area contributed by atoms with Crippen LogP contribution in [0.15, 0.2) is 0 Å². The molecule has 2 N–H and O–H groups in total. The number of nitrogens with zero attached hydrogens (tertiary/aromatic N) is 1. The van der Waals surface area contributed by atoms with Crippen molar-refractivity contribution in [2.75, 3.05) is 6.54 Å². The van der Waals surface area contributed by atoms with Crippen LogP contribution in [-0.4, -0.2) is 46.4 Å². The van der Waals surface area contributed by atoms with E-state index >= 15 is 0 Å². The molecule has 1 unspecified atom stereocenters. The molecule has 0 aromatic heterocycles. The number of carbonyl (C=O) groups is 2. The van der Waals surface area contributed by atoms with Crippen molar-refractivity contribution in [1.29, 1.82) is 0 Å². The zero-order chi connectivity index (χ0) is 15.3. The molecule has 1 fully saturated rings. The van der Waals surface area contributed by atoms with Gasteiger partial charge in [-0.2, -0.15) is 0 Å². The highest BCUT2D eigenvalue weighted by molar-refractivity contribution is 5.85. The summed E-state index contributed by atoms with van der Waals surface area (Å²) in [6, 6.07) is -0.618. The third kappa shape index (κ3) is 7.00. The van der Waals surface area contributed by atoms with Gasteiger partial charge in [0.15, 0.2) is 0 Å². The SMILES string of the molecule is CC(C(=O)O)N1CCCCC[C@H]1NC(=O)OC(C)(C)C.Cl. The standard InChI is InChI=1S/C14H26N2O4.ClH/c1-10(12(17)18)16-9-7-5-6-8-11(16)15-13(19)20-14(2,3)4;/h10-11H,5-9H2,1-4H3,(H,15,19)(H,17,18);1H/t10?,11-;/m0./s1. The average Bonchev–Trinajstić information content (AvgIpc) is 2.50. The Labute approximate surface area is 132 Å². The summed E-state index contributed by atoms with van der Waals surface area (Å²) in [4.78, 5) is 24.9. The zero-order valence-corrected chi connectivity index (χ0v) is 14.0. The summed E-state index contributed by atoms with van der Waals surface area (Å²) in [6.07, 6.45) is 2.95. The molecule has 21 heavy (non-hydrogen) atoms. The molecule has 124 valence electrons. The third-order valence-electron chi connectivity index (χ3n) is 3.33. The molecule has 1 saturated heterocycles. The van der Waals surface area contributed by atoms with Crippen molar-refractivity contribution in [3.63, 3.8) is 0 Å². The molecule has 0 aliphatic carbocycles. The van der Waals surface area contributed by atoms with Crippen molar-refractivity contribution in [3.8, 4) is 0 Å². The first-order valence-corrected chi connectivity index (χ1v) is 7.19. The van der Waals surface area contributed by atoms with E-state index in [0.717, 1.165) is 25.7 Å². The number of aliphatic carboxylic acids is 1. The minimum Gasteiger partial charge on any atom is -0.480 e. The lowest BCUT2D eigenvalue weighted by Gasteiger charge is -2.33. The number of hydrogen-bond acceptors (Lipinski definition) is 4. The molecule has 0 aromatic carbocycles. The van der Waals surface area contributed by atoms with E-state index in [1.165, 1.54) is 0 Å². The number of hydrogen-bond donors (Lipinski definition) is 2. The summed E-state index contributed by atoms with van der Waals surface area (Å²) < 4.78 is 5.25. The monoisotopic (exact) mass is 322 g/mol. The lowest BCUT2D eigenvalue weighted by molar-refractivity contribution is -0.143. The van der Waals surface area contributed by atoms with Gasteiger partial charge in [0.05, 0.1) is 6.17 Å². The molecular weight excluding hydrogens is 296 g/mol. The van der Waals surface area contributed by atoms with E-state index in [4.69, 9.17) is 4.74 Å². The van der Waals surface area contributed by atoms with E-state index in [2.05, 4.69) is 5.32 Å². The molecule has 1 heterocycles. The van der Waals surface area contributed by atoms with Gasteiger partial charge in [-0.1, -0.05) is 6.42 Å². The quantitative estimate of drug-likeness (QED) is 0.835. The molecule has 0 spiro atoms. The molecule has 1 aliphatic rings. The van der Waals surface area contributed by atoms with Gasteiger partial charge in [0, 0.05) is 6.54 Å². The molecule has 0 saturated carbocycles. The molecular formula is C14H27ClN2O4. The van der Waals surface area contributed by atoms with Crippen LogP contribution in [0.4, 0.5) is 4.79 Å². The number of carboxylic acid groups (broad SMARTS) is 1. The first-order valence-electron chi connectivity index (χ1n) is 7.19. The number of halogens is 1. The number of amides is 1. The number of carboxylic acids is 1. The Morgan fingerprint density at radius 3 is 2.43 bits per heavy atom. The minimum absolute atomic E-state index is 0. The Hall–Kier alpha value is -1.01. The summed E-state index contributed by atoms with van der Waals surface area (Å²) in [7, 11) is 0. The topological polar surface area (TPSA) is 78.9 Å². The summed E-state index contributed by atoms with van der Waals surface area (Å²) in [5.41, 5.74) is -0.557. The van der Waals surface area contributed by atoms with Gasteiger partial charge in [0.25, 0.3) is 0 Å². The zero-order valence-electron chi connectivity index (χ0n) is 13.2. The van der Waals surface area contributed by atoms with Crippen molar-refractivity contribution in [1.82, 2.24) is 10.2 Å². The predicted octanol–water partition coefficient (Wildman–Crippen LogP) is 2.61. The van der Waals surface area contributed by atoms with Crippen LogP contribution >= 0.6 is 12.4 Å². The minimum atomic E-state index is -0.872. The van der Waals surface area contributed by atoms with Gasteiger partial charge < -0.3 is 15.2 Å². The average molecular weight is 323 g/mol. The number of ether oxygens (including phenoxy) is 1. The van der Waals surface area contributed by atoms with Crippen molar-refractivity contribution in [2.24, 2.45) is 0 Å². The Kier molecular flexibility index (Phi) is 8.03. The van der Waals surface area contributed by atoms with Crippen LogP contribution in [0.25, 0.3) is 0 Å². The Bertz CT molecular complexity index is 357. The highest BCUT2D eigenvalue weighted by Gasteiger charge is 2.31. The van der Waals surface area contributed by atoms with Gasteiger partial charge in [0.1, 0.15) is 11.6 Å². The molecule has 0 bridgehead atoms. The van der Waals surface area contributed by atoms with Crippen LogP contribution in [0.2, 0.25) is 0 Å². The van der Waals surface area contributed by atoms with Crippen LogP contribution in [0, 0.1) is 0 Å². The van der Waals surface area contributed by atoms with E-state index in [-0.39, 0.29) is 18.6 Å². The van der Waals surface area contributed by atoms with Gasteiger partial charge in [-0.3, -0.25) is 9.69 Å². The molecule has 1 aliphatic heterocycles. The summed E-state index contributed by atoms with van der Waals surface area (Å²) >= 11 is 0. The fraction of sp³-hybridized carbons (Fsp3) is 0.857. The van der Waals surface area contributed by atoms with E-state index in [1.807, 2.05) is 4.90 Å². The van der Waals surface area contributed by atoms with Gasteiger partial charge in [-0.25, -0.2) is 4.79 Å². The normalized spacial score (nSPS) is 21.6. The second-order valence-electron chi connectivity index (χ2n) is 6.26. The molecule has 6 nitrogen and oxygen atoms in total. The van der Waals surface area contributed by atoms with Crippen molar-refractivity contribution < 1.29 is 19.4 Å². The van der Waals surface area contributed by atoms with Crippen molar-refractivity contribution >= 4 is 24.5 Å². The Balaban J connectivity index is 0.00000400. The largest absolute Gasteiger partial charge is 0.480 e. The van der Waals surface area contributed by atoms with Crippen molar-refractivity contribution in [3.05, 3.63) is 0 Å². The van der Waals surface area contributed by atoms with Crippen LogP contribution in [-0.2, 0) is 9.53 Å². The van der Waals surface area contributed by atoms with Gasteiger partial charge in [0.2, 0.25) is 0 Å². The van der Waals surface area contributed by atoms with E-state index < -0.39 is 23.7 Å². The number of likely N-dealkylation sites (tertiary alicyclic amines) is 1. The second kappa shape index (κ2) is 8.44. The van der Waals surface area contributed by atoms with Crippen LogP contribution in [0.3, 0.4) is 0 Å². The number of nitrogens with one attached hydrogen (secondary N) is 1.